The number of piperidine rings is 1. The second-order valence-corrected chi connectivity index (χ2v) is 13.2. The number of rotatable bonds is 10. The molecule has 3 aliphatic heterocycles. The molecule has 2 N–H and O–H groups in total. The molecule has 6 rings (SSSR count). The number of hydrogen-bond acceptors (Lipinski definition) is 10. The summed E-state index contributed by atoms with van der Waals surface area (Å²) in [7, 11) is 0. The van der Waals surface area contributed by atoms with Gasteiger partial charge in [0.1, 0.15) is 23.4 Å². The van der Waals surface area contributed by atoms with Crippen LogP contribution in [-0.4, -0.2) is 81.8 Å². The van der Waals surface area contributed by atoms with E-state index in [1.807, 2.05) is 4.90 Å². The summed E-state index contributed by atoms with van der Waals surface area (Å²) in [6.07, 6.45) is 2.30. The highest BCUT2D eigenvalue weighted by atomic mass is 32.1. The predicted octanol–water partition coefficient (Wildman–Crippen LogP) is 5.71. The van der Waals surface area contributed by atoms with E-state index in [1.54, 1.807) is 6.07 Å². The average molecular weight is 675 g/mol. The molecule has 1 amide bonds. The maximum Gasteiger partial charge on any atom is 0.419 e. The smallest absolute Gasteiger partial charge is 0.419 e. The average Bonchev–Trinajstić information content (AvgIpc) is 3.83. The largest absolute Gasteiger partial charge is 0.487 e. The Kier molecular flexibility index (Phi) is 9.94. The highest BCUT2D eigenvalue weighted by Crippen LogP contribution is 2.42. The molecule has 0 radical (unpaired) electrons. The minimum absolute atomic E-state index is 0.0508. The number of benzene rings is 1. The molecule has 252 valence electrons. The number of nitrogens with zero attached hydrogens (tertiary/aromatic N) is 5. The second kappa shape index (κ2) is 14.1. The van der Waals surface area contributed by atoms with Gasteiger partial charge in [0.05, 0.1) is 42.8 Å². The van der Waals surface area contributed by atoms with E-state index in [1.165, 1.54) is 29.8 Å². The van der Waals surface area contributed by atoms with E-state index in [4.69, 9.17) is 9.47 Å². The molecular formula is C32H37F3N6O5S. The first-order valence-electron chi connectivity index (χ1n) is 15.9. The third kappa shape index (κ3) is 7.68. The SMILES string of the molecule is CC[C@@H]1CCCN1Cc1sc(NC(=O)c2cnc(N3CCC(C(=O)O)CC3)cn2)nc1-c1ccc(O[C@@H]2CCOC2)c(C(F)(F)F)c1. The predicted molar refractivity (Wildman–Crippen MR) is 169 cm³/mol. The van der Waals surface area contributed by atoms with Crippen LogP contribution in [0.2, 0.25) is 0 Å². The normalized spacial score (nSPS) is 20.9. The Hall–Kier alpha value is -3.82. The van der Waals surface area contributed by atoms with Gasteiger partial charge in [-0.25, -0.2) is 15.0 Å². The monoisotopic (exact) mass is 674 g/mol. The number of amides is 1. The molecule has 15 heteroatoms. The zero-order chi connectivity index (χ0) is 33.1. The van der Waals surface area contributed by atoms with Crippen LogP contribution in [0.4, 0.5) is 24.1 Å². The lowest BCUT2D eigenvalue weighted by Crippen LogP contribution is -2.36. The molecule has 0 spiro atoms. The van der Waals surface area contributed by atoms with Gasteiger partial charge >= 0.3 is 12.1 Å². The summed E-state index contributed by atoms with van der Waals surface area (Å²) in [5.74, 6) is -1.43. The van der Waals surface area contributed by atoms with Crippen LogP contribution in [0.25, 0.3) is 11.3 Å². The van der Waals surface area contributed by atoms with Gasteiger partial charge in [-0.3, -0.25) is 19.8 Å². The third-order valence-electron chi connectivity index (χ3n) is 9.01. The first-order valence-corrected chi connectivity index (χ1v) is 16.7. The Labute approximate surface area is 274 Å². The van der Waals surface area contributed by atoms with Crippen LogP contribution in [0.5, 0.6) is 5.75 Å². The number of carbonyl (C=O) groups is 2. The van der Waals surface area contributed by atoms with Crippen LogP contribution < -0.4 is 15.0 Å². The summed E-state index contributed by atoms with van der Waals surface area (Å²) in [6.45, 7) is 5.22. The number of likely N-dealkylation sites (tertiary alicyclic amines) is 1. The highest BCUT2D eigenvalue weighted by molar-refractivity contribution is 7.16. The summed E-state index contributed by atoms with van der Waals surface area (Å²) < 4.78 is 53.8. The van der Waals surface area contributed by atoms with Crippen LogP contribution in [0, 0.1) is 5.92 Å². The third-order valence-corrected chi connectivity index (χ3v) is 9.97. The molecule has 2 atom stereocenters. The number of ether oxygens (including phenoxy) is 2. The van der Waals surface area contributed by atoms with Gasteiger partial charge in [-0.15, -0.1) is 0 Å². The number of aromatic nitrogens is 3. The number of alkyl halides is 3. The Bertz CT molecular complexity index is 1570. The fourth-order valence-corrected chi connectivity index (χ4v) is 7.40. The van der Waals surface area contributed by atoms with Crippen molar-refractivity contribution >= 4 is 34.2 Å². The number of halogens is 3. The van der Waals surface area contributed by atoms with Crippen molar-refractivity contribution in [2.45, 2.75) is 70.3 Å². The van der Waals surface area contributed by atoms with E-state index in [9.17, 15) is 27.9 Å². The number of carbonyl (C=O) groups excluding carboxylic acids is 1. The fraction of sp³-hybridized carbons (Fsp3) is 0.531. The van der Waals surface area contributed by atoms with Crippen molar-refractivity contribution < 1.29 is 37.3 Å². The Morgan fingerprint density at radius 1 is 1.13 bits per heavy atom. The van der Waals surface area contributed by atoms with Gasteiger partial charge in [-0.1, -0.05) is 18.3 Å². The first kappa shape index (κ1) is 33.1. The molecule has 3 saturated heterocycles. The Balaban J connectivity index is 1.24. The van der Waals surface area contributed by atoms with Crippen molar-refractivity contribution in [3.8, 4) is 17.0 Å². The molecule has 0 aliphatic carbocycles. The number of anilines is 2. The van der Waals surface area contributed by atoms with Crippen LogP contribution >= 0.6 is 11.3 Å². The summed E-state index contributed by atoms with van der Waals surface area (Å²) in [5.41, 5.74) is -0.182. The second-order valence-electron chi connectivity index (χ2n) is 12.1. The zero-order valence-electron chi connectivity index (χ0n) is 26.0. The van der Waals surface area contributed by atoms with Crippen LogP contribution in [-0.2, 0) is 22.3 Å². The number of aliphatic carboxylic acids is 1. The maximum absolute atomic E-state index is 14.3. The molecule has 1 aromatic carbocycles. The summed E-state index contributed by atoms with van der Waals surface area (Å²) in [5, 5.41) is 12.3. The zero-order valence-corrected chi connectivity index (χ0v) is 26.8. The van der Waals surface area contributed by atoms with E-state index in [-0.39, 0.29) is 34.7 Å². The molecule has 5 heterocycles. The van der Waals surface area contributed by atoms with Crippen molar-refractivity contribution in [1.29, 1.82) is 0 Å². The van der Waals surface area contributed by atoms with E-state index in [0.717, 1.165) is 36.8 Å². The molecule has 0 saturated carbocycles. The Morgan fingerprint density at radius 3 is 2.60 bits per heavy atom. The standard InChI is InChI=1S/C32H37F3N6O5S/c1-2-21-4-3-10-41(21)17-26-28(20-5-6-25(23(14-20)32(33,34)35)46-22-9-13-45-18-22)38-31(47-26)39-29(42)24-15-37-27(16-36-24)40-11-7-19(8-12-40)30(43)44/h5-6,14-16,19,21-22H,2-4,7-13,17-18H2,1H3,(H,43,44)(H,38,39,42)/t21-,22-/m1/s1. The van der Waals surface area contributed by atoms with Gasteiger partial charge in [-0.05, 0) is 56.8 Å². The minimum Gasteiger partial charge on any atom is -0.487 e. The lowest BCUT2D eigenvalue weighted by atomic mass is 9.97. The summed E-state index contributed by atoms with van der Waals surface area (Å²) in [4.78, 5) is 42.7. The quantitative estimate of drug-likeness (QED) is 0.276. The van der Waals surface area contributed by atoms with Crippen LogP contribution in [0.15, 0.2) is 30.6 Å². The molecule has 47 heavy (non-hydrogen) atoms. The molecule has 3 aliphatic rings. The lowest BCUT2D eigenvalue weighted by Gasteiger charge is -2.30. The van der Waals surface area contributed by atoms with Gasteiger partial charge in [0.2, 0.25) is 0 Å². The van der Waals surface area contributed by atoms with Gasteiger partial charge in [-0.2, -0.15) is 13.2 Å². The molecule has 3 aromatic rings. The van der Waals surface area contributed by atoms with E-state index in [2.05, 4.69) is 32.1 Å². The molecule has 0 unspecified atom stereocenters. The van der Waals surface area contributed by atoms with Gasteiger partial charge in [0, 0.05) is 42.5 Å². The summed E-state index contributed by atoms with van der Waals surface area (Å²) >= 11 is 1.23. The van der Waals surface area contributed by atoms with Gasteiger partial charge in [0.15, 0.2) is 5.13 Å². The maximum atomic E-state index is 14.3. The molecular weight excluding hydrogens is 637 g/mol. The van der Waals surface area contributed by atoms with Crippen LogP contribution in [0.3, 0.4) is 0 Å². The van der Waals surface area contributed by atoms with Gasteiger partial charge in [0.25, 0.3) is 5.91 Å². The summed E-state index contributed by atoms with van der Waals surface area (Å²) in [6, 6.07) is 4.35. The van der Waals surface area contributed by atoms with E-state index in [0.29, 0.717) is 63.1 Å². The van der Waals surface area contributed by atoms with Crippen molar-refractivity contribution in [3.63, 3.8) is 0 Å². The van der Waals surface area contributed by atoms with Crippen molar-refractivity contribution in [2.24, 2.45) is 5.92 Å². The molecule has 0 bridgehead atoms. The van der Waals surface area contributed by atoms with Crippen molar-refractivity contribution in [3.05, 3.63) is 46.7 Å². The van der Waals surface area contributed by atoms with Crippen molar-refractivity contribution in [1.82, 2.24) is 19.9 Å². The number of hydrogen-bond donors (Lipinski definition) is 2. The van der Waals surface area contributed by atoms with E-state index >= 15 is 0 Å². The van der Waals surface area contributed by atoms with Crippen LogP contribution in [0.1, 0.15) is 66.4 Å². The minimum atomic E-state index is -4.66. The number of thiazole rings is 1. The fourth-order valence-electron chi connectivity index (χ4n) is 6.39. The topological polar surface area (TPSA) is 130 Å². The number of carboxylic acid groups (broad SMARTS) is 1. The first-order chi connectivity index (χ1) is 22.6. The highest BCUT2D eigenvalue weighted by Gasteiger charge is 2.36. The van der Waals surface area contributed by atoms with Gasteiger partial charge < -0.3 is 19.5 Å². The van der Waals surface area contributed by atoms with E-state index < -0.39 is 29.7 Å². The number of carboxylic acids is 1. The molecule has 3 fully saturated rings. The lowest BCUT2D eigenvalue weighted by molar-refractivity contribution is -0.142. The molecule has 11 nitrogen and oxygen atoms in total. The number of nitrogens with one attached hydrogen (secondary N) is 1. The Morgan fingerprint density at radius 2 is 1.94 bits per heavy atom. The molecule has 2 aromatic heterocycles. The van der Waals surface area contributed by atoms with Crippen molar-refractivity contribution in [2.75, 3.05) is 43.1 Å².